The third-order valence-electron chi connectivity index (χ3n) is 15.2. The lowest BCUT2D eigenvalue weighted by Gasteiger charge is -2.38. The minimum Gasteiger partial charge on any atom is -0.507 e. The van der Waals surface area contributed by atoms with Crippen molar-refractivity contribution in [2.75, 3.05) is 38.2 Å². The number of halogens is 1. The van der Waals surface area contributed by atoms with Crippen molar-refractivity contribution in [2.45, 2.75) is 104 Å². The zero-order chi connectivity index (χ0) is 55.4. The summed E-state index contributed by atoms with van der Waals surface area (Å²) in [5.41, 5.74) is -3.18. The van der Waals surface area contributed by atoms with E-state index in [-0.39, 0.29) is 65.7 Å². The Balaban J connectivity index is 1.16. The van der Waals surface area contributed by atoms with Crippen LogP contribution in [0.2, 0.25) is 0 Å². The van der Waals surface area contributed by atoms with Crippen LogP contribution >= 0.6 is 0 Å². The summed E-state index contributed by atoms with van der Waals surface area (Å²) in [4.78, 5) is 97.6. The SMILES string of the molecule is CO[C@H]1/C=C/O[C@@]2(C)Oc3c(C)c(O)c4c(c3C2=O)C(=O)C(/C=N/N2CCN(c3cc5c(cc3F)c(=O)c(C(=O)O)cn5C3CC3)CC2)=C(NC(=O)/C(C)=C\C=C\[C@@H](C)[C@H](O)[C@@H](C)[C@@H](O)[C@@H](C)[C@H](OC(C)=O)[C@@H]1C)C4=O. The zero-order valence-corrected chi connectivity index (χ0v) is 43.6. The molecule has 1 aromatic heterocycles. The molecule has 21 heteroatoms. The van der Waals surface area contributed by atoms with Crippen LogP contribution in [0.1, 0.15) is 114 Å². The largest absolute Gasteiger partial charge is 0.507 e. The topological polar surface area (TPSA) is 273 Å². The number of phenols is 1. The third-order valence-corrected chi connectivity index (χ3v) is 15.2. The van der Waals surface area contributed by atoms with Crippen molar-refractivity contribution in [1.82, 2.24) is 14.9 Å². The summed E-state index contributed by atoms with van der Waals surface area (Å²) in [6.45, 7) is 12.7. The number of piperazine rings is 1. The Morgan fingerprint density at radius 3 is 2.24 bits per heavy atom. The minimum atomic E-state index is -2.19. The fraction of sp³-hybridized carbons (Fsp3) is 0.455. The van der Waals surface area contributed by atoms with Crippen molar-refractivity contribution >= 4 is 58.0 Å². The summed E-state index contributed by atoms with van der Waals surface area (Å²) >= 11 is 0. The highest BCUT2D eigenvalue weighted by atomic mass is 19.1. The number of ketones is 3. The van der Waals surface area contributed by atoms with Gasteiger partial charge in [0, 0.05) is 86.5 Å². The van der Waals surface area contributed by atoms with Crippen molar-refractivity contribution in [3.63, 3.8) is 0 Å². The van der Waals surface area contributed by atoms with Gasteiger partial charge in [0.15, 0.2) is 5.78 Å². The number of carboxylic acid groups (broad SMARTS) is 1. The molecular formula is C55H62FN5O15. The number of amides is 1. The van der Waals surface area contributed by atoms with E-state index in [4.69, 9.17) is 18.9 Å². The van der Waals surface area contributed by atoms with E-state index in [1.54, 1.807) is 48.2 Å². The molecule has 1 saturated heterocycles. The first-order valence-electron chi connectivity index (χ1n) is 25.1. The molecular weight excluding hydrogens is 990 g/mol. The molecule has 404 valence electrons. The number of aromatic hydroxyl groups is 1. The normalized spacial score (nSPS) is 29.2. The summed E-state index contributed by atoms with van der Waals surface area (Å²) in [5.74, 6) is -12.4. The van der Waals surface area contributed by atoms with Crippen LogP contribution in [-0.4, -0.2) is 135 Å². The van der Waals surface area contributed by atoms with Gasteiger partial charge in [-0.15, -0.1) is 0 Å². The summed E-state index contributed by atoms with van der Waals surface area (Å²) < 4.78 is 41.2. The number of aromatic nitrogens is 1. The van der Waals surface area contributed by atoms with Gasteiger partial charge in [0.1, 0.15) is 34.7 Å². The number of carboxylic acids is 1. The second kappa shape index (κ2) is 21.3. The molecule has 2 aromatic carbocycles. The van der Waals surface area contributed by atoms with Gasteiger partial charge >= 0.3 is 17.7 Å². The predicted octanol–water partition coefficient (Wildman–Crippen LogP) is 5.30. The molecule has 1 amide bonds. The molecule has 3 aromatic rings. The number of ether oxygens (including phenoxy) is 4. The number of rotatable bonds is 7. The maximum absolute atomic E-state index is 15.9. The smallest absolute Gasteiger partial charge is 0.341 e. The average molecular weight is 1050 g/mol. The molecule has 5 heterocycles. The Morgan fingerprint density at radius 1 is 0.921 bits per heavy atom. The van der Waals surface area contributed by atoms with Gasteiger partial charge in [-0.05, 0) is 44.9 Å². The molecule has 0 unspecified atom stereocenters. The minimum absolute atomic E-state index is 0.0392. The number of esters is 1. The second-order valence-corrected chi connectivity index (χ2v) is 20.4. The first-order valence-corrected chi connectivity index (χ1v) is 25.1. The van der Waals surface area contributed by atoms with E-state index in [1.165, 1.54) is 65.3 Å². The van der Waals surface area contributed by atoms with Crippen LogP contribution in [0.25, 0.3) is 10.9 Å². The fourth-order valence-corrected chi connectivity index (χ4v) is 10.4. The summed E-state index contributed by atoms with van der Waals surface area (Å²) in [6.07, 6.45) is 6.85. The van der Waals surface area contributed by atoms with Gasteiger partial charge in [0.2, 0.25) is 11.2 Å². The van der Waals surface area contributed by atoms with Gasteiger partial charge < -0.3 is 54.2 Å². The molecule has 4 aliphatic heterocycles. The van der Waals surface area contributed by atoms with Crippen LogP contribution in [0.15, 0.2) is 75.6 Å². The van der Waals surface area contributed by atoms with E-state index in [0.717, 1.165) is 31.4 Å². The number of aromatic carboxylic acids is 1. The van der Waals surface area contributed by atoms with Gasteiger partial charge in [-0.2, -0.15) is 5.10 Å². The number of nitrogens with one attached hydrogen (secondary N) is 1. The highest BCUT2D eigenvalue weighted by molar-refractivity contribution is 6.37. The Labute approximate surface area is 436 Å². The Morgan fingerprint density at radius 2 is 1.61 bits per heavy atom. The highest BCUT2D eigenvalue weighted by Gasteiger charge is 2.53. The van der Waals surface area contributed by atoms with Gasteiger partial charge in [0.05, 0.1) is 77.3 Å². The van der Waals surface area contributed by atoms with Crippen LogP contribution < -0.4 is 20.4 Å². The van der Waals surface area contributed by atoms with Crippen LogP contribution in [-0.2, 0) is 23.8 Å². The monoisotopic (exact) mass is 1050 g/mol. The number of aliphatic hydroxyl groups is 2. The molecule has 5 N–H and O–H groups in total. The van der Waals surface area contributed by atoms with Gasteiger partial charge in [-0.1, -0.05) is 45.9 Å². The summed E-state index contributed by atoms with van der Waals surface area (Å²) in [7, 11) is 1.40. The van der Waals surface area contributed by atoms with Crippen molar-refractivity contribution in [1.29, 1.82) is 0 Å². The van der Waals surface area contributed by atoms with Crippen molar-refractivity contribution in [3.05, 3.63) is 110 Å². The maximum atomic E-state index is 15.9. The van der Waals surface area contributed by atoms with Crippen LogP contribution in [0.3, 0.4) is 0 Å². The van der Waals surface area contributed by atoms with E-state index < -0.39 is 134 Å². The van der Waals surface area contributed by atoms with Crippen LogP contribution in [0, 0.1) is 36.4 Å². The summed E-state index contributed by atoms with van der Waals surface area (Å²) in [6, 6.07) is 2.55. The summed E-state index contributed by atoms with van der Waals surface area (Å²) in [5, 5.41) is 53.0. The molecule has 6 aliphatic rings. The number of hydrogen-bond donors (Lipinski definition) is 5. The van der Waals surface area contributed by atoms with E-state index in [9.17, 15) is 49.2 Å². The van der Waals surface area contributed by atoms with Crippen molar-refractivity contribution in [2.24, 2.45) is 28.8 Å². The van der Waals surface area contributed by atoms with Crippen LogP contribution in [0.4, 0.5) is 10.1 Å². The lowest BCUT2D eigenvalue weighted by atomic mass is 9.78. The predicted molar refractivity (Wildman–Crippen MR) is 274 cm³/mol. The number of anilines is 1. The number of pyridine rings is 1. The number of aliphatic hydroxyl groups excluding tert-OH is 2. The molecule has 9 atom stereocenters. The zero-order valence-electron chi connectivity index (χ0n) is 43.6. The average Bonchev–Trinajstić information content (AvgIpc) is 4.20. The molecule has 0 radical (unpaired) electrons. The number of carbonyl (C=O) groups is 6. The quantitative estimate of drug-likeness (QED) is 0.148. The lowest BCUT2D eigenvalue weighted by molar-refractivity contribution is -0.160. The van der Waals surface area contributed by atoms with E-state index >= 15 is 9.18 Å². The number of allylic oxidation sites excluding steroid dienone is 4. The number of carbonyl (C=O) groups excluding carboxylic acids is 5. The molecule has 1 saturated carbocycles. The van der Waals surface area contributed by atoms with E-state index in [0.29, 0.717) is 5.52 Å². The highest BCUT2D eigenvalue weighted by Crippen LogP contribution is 2.49. The first-order chi connectivity index (χ1) is 35.9. The van der Waals surface area contributed by atoms with Crippen molar-refractivity contribution < 1.29 is 72.5 Å². The van der Waals surface area contributed by atoms with Gasteiger partial charge in [0.25, 0.3) is 11.7 Å². The van der Waals surface area contributed by atoms with E-state index in [2.05, 4.69) is 10.4 Å². The molecule has 2 fully saturated rings. The Kier molecular flexibility index (Phi) is 15.3. The van der Waals surface area contributed by atoms with Gasteiger partial charge in [-0.3, -0.25) is 33.8 Å². The first kappa shape index (κ1) is 54.8. The molecule has 76 heavy (non-hydrogen) atoms. The number of fused-ring (bicyclic) bond motifs is 15. The number of methoxy groups -OCH3 is 1. The molecule has 0 spiro atoms. The molecule has 2 aliphatic carbocycles. The van der Waals surface area contributed by atoms with Crippen LogP contribution in [0.5, 0.6) is 11.5 Å². The fourth-order valence-electron chi connectivity index (χ4n) is 10.4. The standard InChI is InChI=1S/C55H62FN5O15/c1-25-11-10-12-26(2)53(70)58-43-34(23-57-60-18-16-59(17-19-60)38-22-37-33(21-36(38)56)47(66)35(54(71)72)24-61(37)32-13-14-32)48(67)40-41(49(43)68)46(65)30(6)51-42(40)52(69)55(8,76-51)74-20-15-39(73-9)27(3)50(75-31(7)62)29(5)45(64)28(4)44(25)63/h10-12,15,20-25,27-29,32,39,44-45,50,63-65H,13-14,16-19H2,1-9H3,(H,58,70)(H,71,72)/b11-10+,20-15+,26-12-,57-23+/t25-,27-,28-,29-,39+,44+,45-,50-,55+/m1/s1. The number of nitrogens with zero attached hydrogens (tertiary/aromatic N) is 4. The maximum Gasteiger partial charge on any atom is 0.341 e. The third kappa shape index (κ3) is 10.1. The number of phenolic OH excluding ortho intramolecular Hbond substituents is 1. The Bertz CT molecular complexity index is 3160. The molecule has 5 bridgehead atoms. The second-order valence-electron chi connectivity index (χ2n) is 20.4. The Hall–Kier alpha value is -7.49. The number of hydrazone groups is 1. The molecule has 20 nitrogen and oxygen atoms in total. The van der Waals surface area contributed by atoms with Crippen molar-refractivity contribution in [3.8, 4) is 11.5 Å². The number of hydrogen-bond acceptors (Lipinski definition) is 17. The number of benzene rings is 2. The lowest BCUT2D eigenvalue weighted by Crippen LogP contribution is -2.46. The van der Waals surface area contributed by atoms with E-state index in [1.807, 2.05) is 0 Å². The van der Waals surface area contributed by atoms with Gasteiger partial charge in [-0.25, -0.2) is 9.18 Å². The molecule has 9 rings (SSSR count). The number of Topliss-reactive ketones (excluding diaryl/α,β-unsaturated/α-hetero) is 3.